The van der Waals surface area contributed by atoms with Gasteiger partial charge in [0.05, 0.1) is 0 Å². The van der Waals surface area contributed by atoms with Gasteiger partial charge in [0.15, 0.2) is 6.10 Å². The first-order valence-corrected chi connectivity index (χ1v) is 11.7. The van der Waals surface area contributed by atoms with Crippen molar-refractivity contribution in [1.82, 2.24) is 30.4 Å². The smallest absolute Gasteiger partial charge is 0.353 e. The number of halogens is 1. The highest BCUT2D eigenvalue weighted by molar-refractivity contribution is 8.06. The number of carbonyl (C=O) groups is 3. The number of amides is 2. The van der Waals surface area contributed by atoms with E-state index in [1.165, 1.54) is 16.4 Å². The molecule has 32 heavy (non-hydrogen) atoms. The number of hydrogen-bond acceptors (Lipinski definition) is 9. The van der Waals surface area contributed by atoms with Gasteiger partial charge in [-0.05, 0) is 33.3 Å². The summed E-state index contributed by atoms with van der Waals surface area (Å²) in [4.78, 5) is 38.8. The fraction of sp³-hybridized carbons (Fsp3) is 0.333. The number of carbonyl (C=O) groups excluding carboxylic acids is 2. The lowest BCUT2D eigenvalue weighted by atomic mass is 10.0. The number of carboxylic acid groups (broad SMARTS) is 1. The van der Waals surface area contributed by atoms with Crippen LogP contribution in [0.1, 0.15) is 17.2 Å². The van der Waals surface area contributed by atoms with Crippen LogP contribution in [-0.4, -0.2) is 70.3 Å². The lowest BCUT2D eigenvalue weighted by Gasteiger charge is -2.49. The molecule has 4 rings (SSSR count). The van der Waals surface area contributed by atoms with Crippen molar-refractivity contribution in [3.8, 4) is 0 Å². The van der Waals surface area contributed by atoms with E-state index in [-0.39, 0.29) is 5.70 Å². The topological polar surface area (TPSA) is 151 Å². The van der Waals surface area contributed by atoms with Gasteiger partial charge in [-0.3, -0.25) is 14.5 Å². The minimum absolute atomic E-state index is 0.158. The SMILES string of the molecule is Cn1nnnc1SC1=C(C(=O)O)N2C(=O)C(NC(=O)C(O)c3ccc(CCl)cc3)C2SC1. The fourth-order valence-electron chi connectivity index (χ4n) is 3.26. The van der Waals surface area contributed by atoms with E-state index in [4.69, 9.17) is 11.6 Å². The molecular weight excluding hydrogens is 480 g/mol. The van der Waals surface area contributed by atoms with Crippen LogP contribution < -0.4 is 5.32 Å². The summed E-state index contributed by atoms with van der Waals surface area (Å²) in [6, 6.07) is 5.62. The van der Waals surface area contributed by atoms with Crippen LogP contribution in [0.25, 0.3) is 0 Å². The molecule has 2 aliphatic heterocycles. The van der Waals surface area contributed by atoms with Gasteiger partial charge >= 0.3 is 5.97 Å². The molecule has 1 saturated heterocycles. The molecule has 0 bridgehead atoms. The van der Waals surface area contributed by atoms with E-state index in [9.17, 15) is 24.6 Å². The minimum atomic E-state index is -1.47. The molecule has 2 aliphatic rings. The van der Waals surface area contributed by atoms with Gasteiger partial charge in [-0.2, -0.15) is 0 Å². The number of aliphatic hydroxyl groups is 1. The third-order valence-electron chi connectivity index (χ3n) is 4.93. The van der Waals surface area contributed by atoms with Crippen molar-refractivity contribution in [2.75, 3.05) is 5.75 Å². The van der Waals surface area contributed by atoms with Crippen molar-refractivity contribution in [2.45, 2.75) is 28.6 Å². The molecule has 0 saturated carbocycles. The molecule has 0 aliphatic carbocycles. The fourth-order valence-corrected chi connectivity index (χ4v) is 5.82. The Morgan fingerprint density at radius 1 is 1.38 bits per heavy atom. The molecule has 2 aromatic rings. The minimum Gasteiger partial charge on any atom is -0.477 e. The molecule has 0 radical (unpaired) electrons. The molecule has 1 aromatic carbocycles. The van der Waals surface area contributed by atoms with Crippen LogP contribution in [0, 0.1) is 0 Å². The highest BCUT2D eigenvalue weighted by atomic mass is 35.5. The molecule has 2 amide bonds. The number of carboxylic acids is 1. The molecule has 0 spiro atoms. The maximum atomic E-state index is 12.8. The van der Waals surface area contributed by atoms with Crippen LogP contribution in [-0.2, 0) is 27.3 Å². The zero-order valence-corrected chi connectivity index (χ0v) is 18.9. The maximum Gasteiger partial charge on any atom is 0.353 e. The maximum absolute atomic E-state index is 12.8. The first kappa shape index (κ1) is 22.6. The van der Waals surface area contributed by atoms with Crippen molar-refractivity contribution in [2.24, 2.45) is 7.05 Å². The molecule has 168 valence electrons. The van der Waals surface area contributed by atoms with E-state index >= 15 is 0 Å². The normalized spacial score (nSPS) is 21.1. The summed E-state index contributed by atoms with van der Waals surface area (Å²) in [7, 11) is 1.62. The lowest BCUT2D eigenvalue weighted by Crippen LogP contribution is -2.70. The second-order valence-corrected chi connectivity index (χ2v) is 9.37. The van der Waals surface area contributed by atoms with Crippen molar-refractivity contribution < 1.29 is 24.6 Å². The number of fused-ring (bicyclic) bond motifs is 1. The zero-order valence-electron chi connectivity index (χ0n) is 16.5. The van der Waals surface area contributed by atoms with Gasteiger partial charge < -0.3 is 15.5 Å². The van der Waals surface area contributed by atoms with Gasteiger partial charge in [-0.1, -0.05) is 24.3 Å². The number of nitrogens with one attached hydrogen (secondary N) is 1. The van der Waals surface area contributed by atoms with Crippen LogP contribution in [0.3, 0.4) is 0 Å². The summed E-state index contributed by atoms with van der Waals surface area (Å²) in [6.45, 7) is 0. The Kier molecular flexibility index (Phi) is 6.42. The average Bonchev–Trinajstić information content (AvgIpc) is 3.20. The third-order valence-corrected chi connectivity index (χ3v) is 7.81. The largest absolute Gasteiger partial charge is 0.477 e. The van der Waals surface area contributed by atoms with Crippen LogP contribution in [0.5, 0.6) is 0 Å². The van der Waals surface area contributed by atoms with Gasteiger partial charge in [0.25, 0.3) is 11.8 Å². The first-order valence-electron chi connectivity index (χ1n) is 9.26. The number of rotatable bonds is 7. The summed E-state index contributed by atoms with van der Waals surface area (Å²) in [5, 5.41) is 33.5. The van der Waals surface area contributed by atoms with Crippen LogP contribution in [0.2, 0.25) is 0 Å². The van der Waals surface area contributed by atoms with Gasteiger partial charge in [0.2, 0.25) is 5.16 Å². The van der Waals surface area contributed by atoms with Gasteiger partial charge in [0.1, 0.15) is 17.1 Å². The predicted molar refractivity (Wildman–Crippen MR) is 115 cm³/mol. The molecule has 3 heterocycles. The summed E-state index contributed by atoms with van der Waals surface area (Å²) in [5.74, 6) is -1.96. The Morgan fingerprint density at radius 2 is 2.09 bits per heavy atom. The monoisotopic (exact) mass is 496 g/mol. The summed E-state index contributed by atoms with van der Waals surface area (Å²) < 4.78 is 1.40. The predicted octanol–water partition coefficient (Wildman–Crippen LogP) is 0.471. The van der Waals surface area contributed by atoms with E-state index < -0.39 is 35.3 Å². The molecule has 3 atom stereocenters. The van der Waals surface area contributed by atoms with Crippen molar-refractivity contribution >= 4 is 52.9 Å². The van der Waals surface area contributed by atoms with E-state index in [2.05, 4.69) is 20.8 Å². The van der Waals surface area contributed by atoms with Crippen LogP contribution >= 0.6 is 35.1 Å². The Morgan fingerprint density at radius 3 is 2.69 bits per heavy atom. The Hall–Kier alpha value is -2.61. The molecule has 1 fully saturated rings. The van der Waals surface area contributed by atoms with Gasteiger partial charge in [-0.25, -0.2) is 9.48 Å². The molecule has 14 heteroatoms. The summed E-state index contributed by atoms with van der Waals surface area (Å²) in [6.07, 6.45) is -1.47. The summed E-state index contributed by atoms with van der Waals surface area (Å²) in [5.41, 5.74) is 1.04. The second-order valence-electron chi connectivity index (χ2n) is 6.94. The van der Waals surface area contributed by atoms with Crippen LogP contribution in [0.15, 0.2) is 40.0 Å². The lowest BCUT2D eigenvalue weighted by molar-refractivity contribution is -0.151. The number of benzene rings is 1. The van der Waals surface area contributed by atoms with E-state index in [1.54, 1.807) is 31.3 Å². The highest BCUT2D eigenvalue weighted by Gasteiger charge is 2.54. The van der Waals surface area contributed by atoms with Crippen molar-refractivity contribution in [1.29, 1.82) is 0 Å². The molecule has 3 unspecified atom stereocenters. The number of aliphatic carboxylic acids is 1. The zero-order chi connectivity index (χ0) is 23.0. The quantitative estimate of drug-likeness (QED) is 0.364. The Labute approximate surface area is 195 Å². The number of alkyl halides is 1. The Balaban J connectivity index is 1.48. The second kappa shape index (κ2) is 9.10. The number of tetrazole rings is 1. The molecule has 3 N–H and O–H groups in total. The van der Waals surface area contributed by atoms with E-state index in [0.717, 1.165) is 22.2 Å². The van der Waals surface area contributed by atoms with E-state index in [0.29, 0.717) is 27.3 Å². The van der Waals surface area contributed by atoms with E-state index in [1.807, 2.05) is 0 Å². The number of aliphatic hydroxyl groups excluding tert-OH is 1. The van der Waals surface area contributed by atoms with Crippen LogP contribution in [0.4, 0.5) is 0 Å². The number of β-lactam (4-membered cyclic amide) rings is 1. The van der Waals surface area contributed by atoms with Gasteiger partial charge in [-0.15, -0.1) is 28.5 Å². The third kappa shape index (κ3) is 4.08. The molecule has 1 aromatic heterocycles. The standard InChI is InChI=1S/C18H17ClN6O5S2/c1-24-18(21-22-23-24)32-10-7-31-16-11(15(28)25(16)12(10)17(29)30)20-14(27)13(26)9-4-2-8(6-19)3-5-9/h2-5,11,13,16,26H,6-7H2,1H3,(H,20,27)(H,29,30). The number of aromatic nitrogens is 4. The summed E-state index contributed by atoms with van der Waals surface area (Å²) >= 11 is 8.13. The molecular formula is C18H17ClN6O5S2. The number of nitrogens with zero attached hydrogens (tertiary/aromatic N) is 5. The average molecular weight is 497 g/mol. The van der Waals surface area contributed by atoms with Crippen molar-refractivity contribution in [3.63, 3.8) is 0 Å². The number of hydrogen-bond donors (Lipinski definition) is 3. The van der Waals surface area contributed by atoms with Gasteiger partial charge in [0, 0.05) is 23.6 Å². The highest BCUT2D eigenvalue weighted by Crippen LogP contribution is 2.44. The molecule has 11 nitrogen and oxygen atoms in total. The van der Waals surface area contributed by atoms with Crippen molar-refractivity contribution in [3.05, 3.63) is 46.0 Å². The number of thioether (sulfide) groups is 2. The first-order chi connectivity index (χ1) is 15.3. The number of aryl methyl sites for hydroxylation is 1. The Bertz CT molecular complexity index is 1110.